The Bertz CT molecular complexity index is 345. The third-order valence-corrected chi connectivity index (χ3v) is 4.04. The number of unbranched alkanes of at least 4 members (excludes halogenated alkanes) is 2. The van der Waals surface area contributed by atoms with Gasteiger partial charge in [-0.25, -0.2) is 0 Å². The summed E-state index contributed by atoms with van der Waals surface area (Å²) in [5.74, 6) is 0.892. The zero-order valence-electron chi connectivity index (χ0n) is 10.3. The van der Waals surface area contributed by atoms with Gasteiger partial charge in [0, 0.05) is 25.3 Å². The van der Waals surface area contributed by atoms with Crippen molar-refractivity contribution in [1.29, 1.82) is 0 Å². The molecule has 1 saturated heterocycles. The van der Waals surface area contributed by atoms with Crippen molar-refractivity contribution in [1.82, 2.24) is 10.2 Å². The minimum atomic E-state index is -0.148. The smallest absolute Gasteiger partial charge is 0.243 e. The Kier molecular flexibility index (Phi) is 6.97. The van der Waals surface area contributed by atoms with E-state index in [1.165, 1.54) is 6.08 Å². The lowest BCUT2D eigenvalue weighted by Crippen LogP contribution is -2.30. The summed E-state index contributed by atoms with van der Waals surface area (Å²) in [4.78, 5) is 24.3. The van der Waals surface area contributed by atoms with E-state index in [9.17, 15) is 9.59 Å². The molecular formula is C12H18N2O2S2. The first-order chi connectivity index (χ1) is 8.65. The van der Waals surface area contributed by atoms with E-state index in [0.29, 0.717) is 17.3 Å². The fourth-order valence-corrected chi connectivity index (χ4v) is 2.86. The van der Waals surface area contributed by atoms with Crippen molar-refractivity contribution in [2.24, 2.45) is 0 Å². The second kappa shape index (κ2) is 8.26. The Hall–Kier alpha value is -0.880. The first-order valence-corrected chi connectivity index (χ1v) is 7.42. The average Bonchev–Trinajstić information content (AvgIpc) is 2.79. The molecule has 0 saturated carbocycles. The Morgan fingerprint density at radius 1 is 1.44 bits per heavy atom. The van der Waals surface area contributed by atoms with E-state index in [1.54, 1.807) is 16.7 Å². The number of carbonyl (C=O) groups is 2. The van der Waals surface area contributed by atoms with Gasteiger partial charge in [-0.2, -0.15) is 0 Å². The van der Waals surface area contributed by atoms with Crippen molar-refractivity contribution in [3.05, 3.63) is 12.7 Å². The van der Waals surface area contributed by atoms with E-state index < -0.39 is 0 Å². The fourth-order valence-electron chi connectivity index (χ4n) is 1.62. The van der Waals surface area contributed by atoms with Crippen LogP contribution in [0.1, 0.15) is 25.7 Å². The maximum absolute atomic E-state index is 11.8. The van der Waals surface area contributed by atoms with Gasteiger partial charge < -0.3 is 5.32 Å². The number of carbonyl (C=O) groups excluding carboxylic acids is 2. The number of nitrogens with zero attached hydrogens (tertiary/aromatic N) is 1. The molecule has 2 amide bonds. The molecule has 100 valence electrons. The van der Waals surface area contributed by atoms with Crippen LogP contribution in [0.2, 0.25) is 0 Å². The molecule has 1 heterocycles. The molecule has 1 fully saturated rings. The normalized spacial score (nSPS) is 14.7. The summed E-state index contributed by atoms with van der Waals surface area (Å²) < 4.78 is 0.707. The Labute approximate surface area is 117 Å². The van der Waals surface area contributed by atoms with E-state index >= 15 is 0 Å². The molecule has 4 nitrogen and oxygen atoms in total. The van der Waals surface area contributed by atoms with Crippen LogP contribution in [-0.2, 0) is 9.59 Å². The van der Waals surface area contributed by atoms with Gasteiger partial charge in [-0.1, -0.05) is 37.0 Å². The second-order valence-corrected chi connectivity index (χ2v) is 5.69. The topological polar surface area (TPSA) is 49.4 Å². The number of amides is 2. The summed E-state index contributed by atoms with van der Waals surface area (Å²) in [6, 6.07) is 0. The first-order valence-electron chi connectivity index (χ1n) is 6.02. The Morgan fingerprint density at radius 3 is 2.83 bits per heavy atom. The van der Waals surface area contributed by atoms with Gasteiger partial charge in [0.05, 0.1) is 0 Å². The molecule has 1 N–H and O–H groups in total. The van der Waals surface area contributed by atoms with Crippen LogP contribution in [0.15, 0.2) is 12.7 Å². The van der Waals surface area contributed by atoms with Crippen LogP contribution in [0.5, 0.6) is 0 Å². The van der Waals surface area contributed by atoms with Gasteiger partial charge >= 0.3 is 0 Å². The third-order valence-electron chi connectivity index (χ3n) is 2.61. The van der Waals surface area contributed by atoms with E-state index in [4.69, 9.17) is 12.2 Å². The van der Waals surface area contributed by atoms with Crippen LogP contribution in [0.25, 0.3) is 0 Å². The Morgan fingerprint density at radius 2 is 2.22 bits per heavy atom. The summed E-state index contributed by atoms with van der Waals surface area (Å²) in [5.41, 5.74) is 0. The van der Waals surface area contributed by atoms with Gasteiger partial charge in [0.2, 0.25) is 11.8 Å². The van der Waals surface area contributed by atoms with Gasteiger partial charge in [-0.15, -0.1) is 0 Å². The standard InChI is InChI=1S/C12H18N2O2S2/c1-2-10(15)13-7-5-3-4-6-11(16)14-8-9-18-12(14)17/h2H,1,3-9H2,(H,13,15). The number of rotatable bonds is 7. The molecule has 0 unspecified atom stereocenters. The van der Waals surface area contributed by atoms with Crippen LogP contribution in [0, 0.1) is 0 Å². The summed E-state index contributed by atoms with van der Waals surface area (Å²) in [5, 5.41) is 2.71. The van der Waals surface area contributed by atoms with Crippen molar-refractivity contribution >= 4 is 40.1 Å². The molecule has 0 aliphatic carbocycles. The largest absolute Gasteiger partial charge is 0.353 e. The fraction of sp³-hybridized carbons (Fsp3) is 0.583. The molecule has 1 aliphatic heterocycles. The second-order valence-electron chi connectivity index (χ2n) is 3.97. The highest BCUT2D eigenvalue weighted by Gasteiger charge is 2.23. The summed E-state index contributed by atoms with van der Waals surface area (Å²) in [6.45, 7) is 4.76. The molecule has 1 aliphatic rings. The van der Waals surface area contributed by atoms with Crippen LogP contribution < -0.4 is 5.32 Å². The lowest BCUT2D eigenvalue weighted by molar-refractivity contribution is -0.127. The van der Waals surface area contributed by atoms with Crippen LogP contribution in [0.4, 0.5) is 0 Å². The molecule has 0 aromatic heterocycles. The van der Waals surface area contributed by atoms with Crippen molar-refractivity contribution < 1.29 is 9.59 Å². The van der Waals surface area contributed by atoms with Gasteiger partial charge in [-0.3, -0.25) is 14.5 Å². The summed E-state index contributed by atoms with van der Waals surface area (Å²) in [6.07, 6.45) is 4.45. The number of thiocarbonyl (C=S) groups is 1. The average molecular weight is 286 g/mol. The molecule has 0 aromatic carbocycles. The van der Waals surface area contributed by atoms with E-state index in [2.05, 4.69) is 11.9 Å². The lowest BCUT2D eigenvalue weighted by Gasteiger charge is -2.14. The highest BCUT2D eigenvalue weighted by Crippen LogP contribution is 2.19. The van der Waals surface area contributed by atoms with Crippen LogP contribution in [-0.4, -0.2) is 39.9 Å². The summed E-state index contributed by atoms with van der Waals surface area (Å²) >= 11 is 6.66. The van der Waals surface area contributed by atoms with Gasteiger partial charge in [0.15, 0.2) is 0 Å². The van der Waals surface area contributed by atoms with Gasteiger partial charge in [-0.05, 0) is 18.9 Å². The molecule has 1 rings (SSSR count). The molecule has 0 radical (unpaired) electrons. The van der Waals surface area contributed by atoms with Crippen molar-refractivity contribution in [2.75, 3.05) is 18.8 Å². The molecular weight excluding hydrogens is 268 g/mol. The predicted molar refractivity (Wildman–Crippen MR) is 78.4 cm³/mol. The van der Waals surface area contributed by atoms with Gasteiger partial charge in [0.1, 0.15) is 4.32 Å². The quantitative estimate of drug-likeness (QED) is 0.440. The SMILES string of the molecule is C=CC(=O)NCCCCCC(=O)N1CCSC1=S. The summed E-state index contributed by atoms with van der Waals surface area (Å²) in [7, 11) is 0. The zero-order valence-corrected chi connectivity index (χ0v) is 11.9. The zero-order chi connectivity index (χ0) is 13.4. The number of hydrogen-bond donors (Lipinski definition) is 1. The Balaban J connectivity index is 2.04. The van der Waals surface area contributed by atoms with Crippen LogP contribution in [0.3, 0.4) is 0 Å². The molecule has 0 bridgehead atoms. The number of nitrogens with one attached hydrogen (secondary N) is 1. The van der Waals surface area contributed by atoms with E-state index in [-0.39, 0.29) is 11.8 Å². The highest BCUT2D eigenvalue weighted by atomic mass is 32.2. The maximum Gasteiger partial charge on any atom is 0.243 e. The molecule has 0 aromatic rings. The maximum atomic E-state index is 11.8. The number of hydrogen-bond acceptors (Lipinski definition) is 4. The van der Waals surface area contributed by atoms with E-state index in [1.807, 2.05) is 0 Å². The van der Waals surface area contributed by atoms with Crippen LogP contribution >= 0.6 is 24.0 Å². The van der Waals surface area contributed by atoms with Crippen molar-refractivity contribution in [3.63, 3.8) is 0 Å². The molecule has 18 heavy (non-hydrogen) atoms. The monoisotopic (exact) mass is 286 g/mol. The molecule has 0 atom stereocenters. The van der Waals surface area contributed by atoms with Gasteiger partial charge in [0.25, 0.3) is 0 Å². The minimum absolute atomic E-state index is 0.125. The number of thioether (sulfide) groups is 1. The molecule has 6 heteroatoms. The predicted octanol–water partition coefficient (Wildman–Crippen LogP) is 1.71. The van der Waals surface area contributed by atoms with E-state index in [0.717, 1.165) is 31.6 Å². The third kappa shape index (κ3) is 5.18. The minimum Gasteiger partial charge on any atom is -0.353 e. The molecule has 0 spiro atoms. The highest BCUT2D eigenvalue weighted by molar-refractivity contribution is 8.23. The lowest BCUT2D eigenvalue weighted by atomic mass is 10.2. The van der Waals surface area contributed by atoms with Crippen molar-refractivity contribution in [2.45, 2.75) is 25.7 Å². The first kappa shape index (κ1) is 15.2. The van der Waals surface area contributed by atoms with Crippen molar-refractivity contribution in [3.8, 4) is 0 Å².